The van der Waals surface area contributed by atoms with Crippen molar-refractivity contribution in [3.8, 4) is 0 Å². The molecule has 2 rings (SSSR count). The van der Waals surface area contributed by atoms with E-state index in [2.05, 4.69) is 10.0 Å². The summed E-state index contributed by atoms with van der Waals surface area (Å²) in [4.78, 5) is 12.3. The molecule has 0 fully saturated rings. The van der Waals surface area contributed by atoms with E-state index in [1.807, 2.05) is 0 Å². The molecule has 0 saturated heterocycles. The quantitative estimate of drug-likeness (QED) is 0.767. The van der Waals surface area contributed by atoms with Crippen LogP contribution in [0.15, 0.2) is 47.4 Å². The molecule has 26 heavy (non-hydrogen) atoms. The van der Waals surface area contributed by atoms with Crippen molar-refractivity contribution in [1.29, 1.82) is 0 Å². The number of nitrogens with one attached hydrogen (secondary N) is 2. The molecule has 8 heteroatoms. The SMILES string of the molecule is CC(C)(C)NS(=O)(=O)c1cccc(NC(=O)Cc2ccc(Cl)c(Cl)c2)c1. The molecular formula is C18H20Cl2N2O3S. The van der Waals surface area contributed by atoms with Crippen molar-refractivity contribution in [3.63, 3.8) is 0 Å². The lowest BCUT2D eigenvalue weighted by atomic mass is 10.1. The van der Waals surface area contributed by atoms with Gasteiger partial charge in [0.05, 0.1) is 21.4 Å². The van der Waals surface area contributed by atoms with Crippen LogP contribution in [-0.2, 0) is 21.2 Å². The molecule has 2 aromatic rings. The number of hydrogen-bond donors (Lipinski definition) is 2. The van der Waals surface area contributed by atoms with Crippen LogP contribution in [0, 0.1) is 0 Å². The maximum absolute atomic E-state index is 12.4. The zero-order chi connectivity index (χ0) is 19.5. The molecule has 0 aromatic heterocycles. The van der Waals surface area contributed by atoms with Crippen molar-refractivity contribution in [3.05, 3.63) is 58.1 Å². The molecule has 0 radical (unpaired) electrons. The van der Waals surface area contributed by atoms with Crippen LogP contribution in [0.25, 0.3) is 0 Å². The van der Waals surface area contributed by atoms with Crippen LogP contribution >= 0.6 is 23.2 Å². The van der Waals surface area contributed by atoms with Gasteiger partial charge in [-0.05, 0) is 56.7 Å². The molecule has 2 N–H and O–H groups in total. The minimum Gasteiger partial charge on any atom is -0.326 e. The first kappa shape index (κ1) is 20.7. The summed E-state index contributed by atoms with van der Waals surface area (Å²) < 4.78 is 27.4. The van der Waals surface area contributed by atoms with Gasteiger partial charge in [0.2, 0.25) is 15.9 Å². The Morgan fingerprint density at radius 3 is 2.35 bits per heavy atom. The fourth-order valence-electron chi connectivity index (χ4n) is 2.24. The molecule has 0 bridgehead atoms. The van der Waals surface area contributed by atoms with Gasteiger partial charge in [-0.25, -0.2) is 13.1 Å². The van der Waals surface area contributed by atoms with Crippen LogP contribution in [0.2, 0.25) is 10.0 Å². The number of amides is 1. The minimum atomic E-state index is -3.68. The second-order valence-corrected chi connectivity index (χ2v) is 9.35. The highest BCUT2D eigenvalue weighted by atomic mass is 35.5. The first-order chi connectivity index (χ1) is 12.0. The summed E-state index contributed by atoms with van der Waals surface area (Å²) in [7, 11) is -3.68. The first-order valence-electron chi connectivity index (χ1n) is 7.84. The number of halogens is 2. The Kier molecular flexibility index (Phi) is 6.34. The number of anilines is 1. The van der Waals surface area contributed by atoms with E-state index < -0.39 is 15.6 Å². The second-order valence-electron chi connectivity index (χ2n) is 6.86. The van der Waals surface area contributed by atoms with E-state index in [0.29, 0.717) is 21.3 Å². The van der Waals surface area contributed by atoms with Crippen LogP contribution in [0.5, 0.6) is 0 Å². The highest BCUT2D eigenvalue weighted by Gasteiger charge is 2.22. The van der Waals surface area contributed by atoms with Crippen molar-refractivity contribution >= 4 is 44.8 Å². The van der Waals surface area contributed by atoms with E-state index in [9.17, 15) is 13.2 Å². The van der Waals surface area contributed by atoms with E-state index in [0.717, 1.165) is 0 Å². The summed E-state index contributed by atoms with van der Waals surface area (Å²) in [5.74, 6) is -0.290. The number of benzene rings is 2. The monoisotopic (exact) mass is 414 g/mol. The smallest absolute Gasteiger partial charge is 0.241 e. The van der Waals surface area contributed by atoms with Gasteiger partial charge in [0.1, 0.15) is 0 Å². The van der Waals surface area contributed by atoms with E-state index in [1.54, 1.807) is 51.1 Å². The van der Waals surface area contributed by atoms with Crippen LogP contribution < -0.4 is 10.0 Å². The molecule has 0 atom stereocenters. The summed E-state index contributed by atoms with van der Waals surface area (Å²) in [6.45, 7) is 5.27. The van der Waals surface area contributed by atoms with Gasteiger partial charge in [-0.2, -0.15) is 0 Å². The Balaban J connectivity index is 2.12. The maximum atomic E-state index is 12.4. The fourth-order valence-corrected chi connectivity index (χ4v) is 4.03. The zero-order valence-electron chi connectivity index (χ0n) is 14.6. The predicted octanol–water partition coefficient (Wildman–Crippen LogP) is 4.25. The molecule has 0 heterocycles. The molecule has 2 aromatic carbocycles. The van der Waals surface area contributed by atoms with Crippen molar-refractivity contribution in [2.24, 2.45) is 0 Å². The Morgan fingerprint density at radius 2 is 1.73 bits per heavy atom. The third-order valence-corrected chi connectivity index (χ3v) is 5.71. The van der Waals surface area contributed by atoms with Crippen LogP contribution in [-0.4, -0.2) is 19.9 Å². The van der Waals surface area contributed by atoms with Crippen LogP contribution in [0.1, 0.15) is 26.3 Å². The Morgan fingerprint density at radius 1 is 1.04 bits per heavy atom. The van der Waals surface area contributed by atoms with Crippen molar-refractivity contribution < 1.29 is 13.2 Å². The predicted molar refractivity (Wildman–Crippen MR) is 105 cm³/mol. The molecule has 1 amide bonds. The molecular weight excluding hydrogens is 395 g/mol. The summed E-state index contributed by atoms with van der Waals surface area (Å²) in [6.07, 6.45) is 0.0914. The Hall–Kier alpha value is -1.60. The van der Waals surface area contributed by atoms with Gasteiger partial charge in [0.15, 0.2) is 0 Å². The minimum absolute atomic E-state index is 0.0831. The first-order valence-corrected chi connectivity index (χ1v) is 10.1. The lowest BCUT2D eigenvalue weighted by molar-refractivity contribution is -0.115. The average molecular weight is 415 g/mol. The van der Waals surface area contributed by atoms with Crippen molar-refractivity contribution in [2.75, 3.05) is 5.32 Å². The summed E-state index contributed by atoms with van der Waals surface area (Å²) >= 11 is 11.8. The number of carbonyl (C=O) groups is 1. The van der Waals surface area contributed by atoms with E-state index in [-0.39, 0.29) is 17.2 Å². The molecule has 0 saturated carbocycles. The van der Waals surface area contributed by atoms with Gasteiger partial charge in [-0.1, -0.05) is 35.3 Å². The summed E-state index contributed by atoms with van der Waals surface area (Å²) in [5.41, 5.74) is 0.494. The molecule has 140 valence electrons. The van der Waals surface area contributed by atoms with Gasteiger partial charge in [0, 0.05) is 11.2 Å². The molecule has 0 unspecified atom stereocenters. The highest BCUT2D eigenvalue weighted by molar-refractivity contribution is 7.89. The van der Waals surface area contributed by atoms with Gasteiger partial charge >= 0.3 is 0 Å². The third-order valence-electron chi connectivity index (χ3n) is 3.22. The Bertz CT molecular complexity index is 922. The van der Waals surface area contributed by atoms with Crippen molar-refractivity contribution in [1.82, 2.24) is 4.72 Å². The van der Waals surface area contributed by atoms with Gasteiger partial charge in [0.25, 0.3) is 0 Å². The zero-order valence-corrected chi connectivity index (χ0v) is 17.0. The molecule has 0 spiro atoms. The largest absolute Gasteiger partial charge is 0.326 e. The lowest BCUT2D eigenvalue weighted by Crippen LogP contribution is -2.40. The maximum Gasteiger partial charge on any atom is 0.241 e. The van der Waals surface area contributed by atoms with E-state index >= 15 is 0 Å². The molecule has 0 aliphatic heterocycles. The number of hydrogen-bond acceptors (Lipinski definition) is 3. The van der Waals surface area contributed by atoms with Crippen LogP contribution in [0.3, 0.4) is 0 Å². The normalized spacial score (nSPS) is 12.0. The highest BCUT2D eigenvalue weighted by Crippen LogP contribution is 2.23. The van der Waals surface area contributed by atoms with Gasteiger partial charge in [-0.3, -0.25) is 4.79 Å². The second kappa shape index (κ2) is 7.96. The van der Waals surface area contributed by atoms with E-state index in [1.165, 1.54) is 12.1 Å². The fraction of sp³-hybridized carbons (Fsp3) is 0.278. The molecule has 0 aliphatic rings. The van der Waals surface area contributed by atoms with Gasteiger partial charge in [-0.15, -0.1) is 0 Å². The van der Waals surface area contributed by atoms with Gasteiger partial charge < -0.3 is 5.32 Å². The topological polar surface area (TPSA) is 75.3 Å². The number of rotatable bonds is 5. The number of sulfonamides is 1. The lowest BCUT2D eigenvalue weighted by Gasteiger charge is -2.20. The third kappa shape index (κ3) is 5.99. The standard InChI is InChI=1S/C18H20Cl2N2O3S/c1-18(2,3)22-26(24,25)14-6-4-5-13(11-14)21-17(23)10-12-7-8-15(19)16(20)9-12/h4-9,11,22H,10H2,1-3H3,(H,21,23). The molecule has 5 nitrogen and oxygen atoms in total. The Labute approximate surface area is 163 Å². The summed E-state index contributed by atoms with van der Waals surface area (Å²) in [6, 6.07) is 11.1. The average Bonchev–Trinajstić information content (AvgIpc) is 2.49. The van der Waals surface area contributed by atoms with Crippen molar-refractivity contribution in [2.45, 2.75) is 37.6 Å². The van der Waals surface area contributed by atoms with E-state index in [4.69, 9.17) is 23.2 Å². The van der Waals surface area contributed by atoms with Crippen LogP contribution in [0.4, 0.5) is 5.69 Å². The summed E-state index contributed by atoms with van der Waals surface area (Å²) in [5, 5.41) is 3.48. The number of carbonyl (C=O) groups excluding carboxylic acids is 1. The molecule has 0 aliphatic carbocycles.